The second kappa shape index (κ2) is 6.75. The van der Waals surface area contributed by atoms with Crippen LogP contribution in [-0.2, 0) is 4.79 Å². The van der Waals surface area contributed by atoms with Crippen LogP contribution in [0.25, 0.3) is 0 Å². The van der Waals surface area contributed by atoms with Crippen LogP contribution >= 0.6 is 11.6 Å². The maximum atomic E-state index is 11.5. The number of amides is 1. The van der Waals surface area contributed by atoms with Gasteiger partial charge in [0.05, 0.1) is 5.02 Å². The standard InChI is InChI=1S/C14H20ClN3O/c1-2-3-14(19)17-12-6-8-18(9-7-12)13-5-4-11(15)10-16-13/h4-5,10,12H,2-3,6-9H2,1H3,(H,17,19). The first-order valence-corrected chi connectivity index (χ1v) is 7.22. The largest absolute Gasteiger partial charge is 0.356 e. The number of carbonyl (C=O) groups excluding carboxylic acids is 1. The van der Waals surface area contributed by atoms with E-state index in [4.69, 9.17) is 11.6 Å². The average Bonchev–Trinajstić information content (AvgIpc) is 2.41. The Morgan fingerprint density at radius 1 is 1.47 bits per heavy atom. The number of carbonyl (C=O) groups is 1. The van der Waals surface area contributed by atoms with Crippen molar-refractivity contribution in [3.05, 3.63) is 23.4 Å². The molecule has 5 heteroatoms. The number of nitrogens with one attached hydrogen (secondary N) is 1. The van der Waals surface area contributed by atoms with Gasteiger partial charge in [-0.1, -0.05) is 18.5 Å². The molecule has 0 unspecified atom stereocenters. The summed E-state index contributed by atoms with van der Waals surface area (Å²) in [6.07, 6.45) is 5.14. The molecule has 1 saturated heterocycles. The molecule has 2 rings (SSSR count). The number of halogens is 1. The van der Waals surface area contributed by atoms with E-state index in [2.05, 4.69) is 15.2 Å². The van der Waals surface area contributed by atoms with E-state index in [-0.39, 0.29) is 5.91 Å². The molecule has 0 radical (unpaired) electrons. The molecule has 0 atom stereocenters. The summed E-state index contributed by atoms with van der Waals surface area (Å²) in [5, 5.41) is 3.75. The van der Waals surface area contributed by atoms with Gasteiger partial charge in [0.2, 0.25) is 5.91 Å². The van der Waals surface area contributed by atoms with Crippen molar-refractivity contribution >= 4 is 23.3 Å². The summed E-state index contributed by atoms with van der Waals surface area (Å²) >= 11 is 5.83. The van der Waals surface area contributed by atoms with E-state index in [1.54, 1.807) is 6.20 Å². The molecule has 1 aliphatic rings. The molecule has 19 heavy (non-hydrogen) atoms. The highest BCUT2D eigenvalue weighted by atomic mass is 35.5. The molecular weight excluding hydrogens is 262 g/mol. The van der Waals surface area contributed by atoms with Crippen LogP contribution in [0.4, 0.5) is 5.82 Å². The van der Waals surface area contributed by atoms with Gasteiger partial charge in [-0.15, -0.1) is 0 Å². The molecule has 0 aliphatic carbocycles. The maximum absolute atomic E-state index is 11.5. The Morgan fingerprint density at radius 2 is 2.21 bits per heavy atom. The van der Waals surface area contributed by atoms with Gasteiger partial charge in [-0.3, -0.25) is 4.79 Å². The number of pyridine rings is 1. The highest BCUT2D eigenvalue weighted by Gasteiger charge is 2.21. The first kappa shape index (κ1) is 14.1. The van der Waals surface area contributed by atoms with Crippen molar-refractivity contribution in [3.63, 3.8) is 0 Å². The summed E-state index contributed by atoms with van der Waals surface area (Å²) in [5.74, 6) is 1.13. The van der Waals surface area contributed by atoms with Crippen molar-refractivity contribution in [1.82, 2.24) is 10.3 Å². The lowest BCUT2D eigenvalue weighted by Crippen LogP contribution is -2.44. The Labute approximate surface area is 119 Å². The third-order valence-corrected chi connectivity index (χ3v) is 3.60. The lowest BCUT2D eigenvalue weighted by atomic mass is 10.0. The summed E-state index contributed by atoms with van der Waals surface area (Å²) in [4.78, 5) is 18.1. The SMILES string of the molecule is CCCC(=O)NC1CCN(c2ccc(Cl)cn2)CC1. The van der Waals surface area contributed by atoms with Crippen LogP contribution in [0.5, 0.6) is 0 Å². The van der Waals surface area contributed by atoms with Crippen LogP contribution in [0, 0.1) is 0 Å². The lowest BCUT2D eigenvalue weighted by Gasteiger charge is -2.33. The van der Waals surface area contributed by atoms with Crippen LogP contribution in [0.3, 0.4) is 0 Å². The van der Waals surface area contributed by atoms with Crippen LogP contribution in [0.1, 0.15) is 32.6 Å². The van der Waals surface area contributed by atoms with Crippen molar-refractivity contribution in [1.29, 1.82) is 0 Å². The average molecular weight is 282 g/mol. The van der Waals surface area contributed by atoms with Gasteiger partial charge in [0, 0.05) is 31.7 Å². The third kappa shape index (κ3) is 4.10. The number of aromatic nitrogens is 1. The van der Waals surface area contributed by atoms with Gasteiger partial charge >= 0.3 is 0 Å². The summed E-state index contributed by atoms with van der Waals surface area (Å²) in [6.45, 7) is 3.87. The Morgan fingerprint density at radius 3 is 2.79 bits per heavy atom. The minimum Gasteiger partial charge on any atom is -0.356 e. The number of hydrogen-bond acceptors (Lipinski definition) is 3. The van der Waals surface area contributed by atoms with Gasteiger partial charge in [-0.25, -0.2) is 4.98 Å². The van der Waals surface area contributed by atoms with Crippen molar-refractivity contribution in [3.8, 4) is 0 Å². The fourth-order valence-electron chi connectivity index (χ4n) is 2.33. The number of hydrogen-bond donors (Lipinski definition) is 1. The first-order chi connectivity index (χ1) is 9.19. The summed E-state index contributed by atoms with van der Waals surface area (Å²) in [7, 11) is 0. The van der Waals surface area contributed by atoms with E-state index in [0.717, 1.165) is 38.2 Å². The van der Waals surface area contributed by atoms with E-state index in [1.165, 1.54) is 0 Å². The first-order valence-electron chi connectivity index (χ1n) is 6.85. The number of anilines is 1. The van der Waals surface area contributed by atoms with Gasteiger partial charge in [0.1, 0.15) is 5.82 Å². The third-order valence-electron chi connectivity index (χ3n) is 3.37. The lowest BCUT2D eigenvalue weighted by molar-refractivity contribution is -0.121. The highest BCUT2D eigenvalue weighted by molar-refractivity contribution is 6.30. The number of nitrogens with zero attached hydrogens (tertiary/aromatic N) is 2. The second-order valence-electron chi connectivity index (χ2n) is 4.91. The quantitative estimate of drug-likeness (QED) is 0.923. The molecule has 0 aromatic carbocycles. The molecule has 0 saturated carbocycles. The Bertz CT molecular complexity index is 413. The molecule has 0 bridgehead atoms. The predicted octanol–water partition coefficient (Wildman–Crippen LogP) is 2.62. The number of piperidine rings is 1. The van der Waals surface area contributed by atoms with Crippen LogP contribution < -0.4 is 10.2 Å². The Kier molecular flexibility index (Phi) is 5.02. The topological polar surface area (TPSA) is 45.2 Å². The smallest absolute Gasteiger partial charge is 0.220 e. The van der Waals surface area contributed by atoms with Crippen LogP contribution in [-0.4, -0.2) is 30.0 Å². The summed E-state index contributed by atoms with van der Waals surface area (Å²) in [6, 6.07) is 4.11. The summed E-state index contributed by atoms with van der Waals surface area (Å²) < 4.78 is 0. The predicted molar refractivity (Wildman–Crippen MR) is 77.5 cm³/mol. The Balaban J connectivity index is 1.82. The molecule has 1 aliphatic heterocycles. The van der Waals surface area contributed by atoms with Crippen molar-refractivity contribution < 1.29 is 4.79 Å². The van der Waals surface area contributed by atoms with E-state index in [1.807, 2.05) is 19.1 Å². The highest BCUT2D eigenvalue weighted by Crippen LogP contribution is 2.19. The van der Waals surface area contributed by atoms with Gasteiger partial charge in [0.15, 0.2) is 0 Å². The minimum atomic E-state index is 0.172. The normalized spacial score (nSPS) is 16.4. The molecule has 2 heterocycles. The Hall–Kier alpha value is -1.29. The molecule has 1 aromatic heterocycles. The van der Waals surface area contributed by atoms with Crippen molar-refractivity contribution in [2.45, 2.75) is 38.6 Å². The van der Waals surface area contributed by atoms with E-state index >= 15 is 0 Å². The molecule has 1 amide bonds. The van der Waals surface area contributed by atoms with Gasteiger partial charge in [-0.05, 0) is 31.4 Å². The maximum Gasteiger partial charge on any atom is 0.220 e. The molecule has 104 valence electrons. The monoisotopic (exact) mass is 281 g/mol. The molecule has 4 nitrogen and oxygen atoms in total. The summed E-state index contributed by atoms with van der Waals surface area (Å²) in [5.41, 5.74) is 0. The zero-order valence-corrected chi connectivity index (χ0v) is 12.0. The van der Waals surface area contributed by atoms with Crippen molar-refractivity contribution in [2.75, 3.05) is 18.0 Å². The molecule has 1 N–H and O–H groups in total. The van der Waals surface area contributed by atoms with Crippen LogP contribution in [0.15, 0.2) is 18.3 Å². The fourth-order valence-corrected chi connectivity index (χ4v) is 2.45. The van der Waals surface area contributed by atoms with Gasteiger partial charge in [0.25, 0.3) is 0 Å². The fraction of sp³-hybridized carbons (Fsp3) is 0.571. The van der Waals surface area contributed by atoms with Gasteiger partial charge < -0.3 is 10.2 Å². The van der Waals surface area contributed by atoms with Crippen LogP contribution in [0.2, 0.25) is 5.02 Å². The van der Waals surface area contributed by atoms with E-state index < -0.39 is 0 Å². The minimum absolute atomic E-state index is 0.172. The zero-order chi connectivity index (χ0) is 13.7. The van der Waals surface area contributed by atoms with Crippen molar-refractivity contribution in [2.24, 2.45) is 0 Å². The number of rotatable bonds is 4. The molecular formula is C14H20ClN3O. The van der Waals surface area contributed by atoms with Gasteiger partial charge in [-0.2, -0.15) is 0 Å². The van der Waals surface area contributed by atoms with E-state index in [0.29, 0.717) is 17.5 Å². The second-order valence-corrected chi connectivity index (χ2v) is 5.35. The molecule has 1 aromatic rings. The van der Waals surface area contributed by atoms with E-state index in [9.17, 15) is 4.79 Å². The zero-order valence-electron chi connectivity index (χ0n) is 11.2. The molecule has 0 spiro atoms. The molecule has 1 fully saturated rings.